The minimum atomic E-state index is -0.361. The molecule has 0 atom stereocenters. The number of aryl methyl sites for hydroxylation is 1. The van der Waals surface area contributed by atoms with Crippen LogP contribution in [0.25, 0.3) is 0 Å². The van der Waals surface area contributed by atoms with E-state index in [1.54, 1.807) is 12.1 Å². The molecular formula is C14H14BrClFN3. The van der Waals surface area contributed by atoms with Crippen LogP contribution >= 0.6 is 27.5 Å². The Kier molecular flexibility index (Phi) is 4.94. The summed E-state index contributed by atoms with van der Waals surface area (Å²) in [6, 6.07) is 4.59. The Morgan fingerprint density at radius 3 is 2.75 bits per heavy atom. The topological polar surface area (TPSA) is 51.8 Å². The minimum absolute atomic E-state index is 0.222. The third kappa shape index (κ3) is 3.27. The Morgan fingerprint density at radius 2 is 2.10 bits per heavy atom. The van der Waals surface area contributed by atoms with Gasteiger partial charge in [-0.05, 0) is 34.5 Å². The summed E-state index contributed by atoms with van der Waals surface area (Å²) < 4.78 is 14.5. The smallest absolute Gasteiger partial charge is 0.141 e. The summed E-state index contributed by atoms with van der Waals surface area (Å²) in [7, 11) is 0. The van der Waals surface area contributed by atoms with Gasteiger partial charge in [0.1, 0.15) is 17.5 Å². The van der Waals surface area contributed by atoms with Crippen LogP contribution in [-0.4, -0.2) is 9.97 Å². The molecule has 0 bridgehead atoms. The van der Waals surface area contributed by atoms with Gasteiger partial charge in [0.2, 0.25) is 0 Å². The van der Waals surface area contributed by atoms with E-state index in [9.17, 15) is 4.39 Å². The van der Waals surface area contributed by atoms with Crippen molar-refractivity contribution in [1.82, 2.24) is 9.97 Å². The van der Waals surface area contributed by atoms with E-state index in [0.29, 0.717) is 26.7 Å². The predicted octanol–water partition coefficient (Wildman–Crippen LogP) is 4.16. The van der Waals surface area contributed by atoms with Gasteiger partial charge in [-0.25, -0.2) is 14.4 Å². The molecule has 0 aliphatic carbocycles. The molecule has 0 spiro atoms. The van der Waals surface area contributed by atoms with Crippen molar-refractivity contribution in [3.8, 4) is 0 Å². The van der Waals surface area contributed by atoms with Crippen molar-refractivity contribution < 1.29 is 4.39 Å². The highest BCUT2D eigenvalue weighted by Gasteiger charge is 2.13. The van der Waals surface area contributed by atoms with Crippen molar-refractivity contribution in [2.24, 2.45) is 0 Å². The van der Waals surface area contributed by atoms with E-state index in [1.165, 1.54) is 6.07 Å². The molecule has 2 N–H and O–H groups in total. The molecule has 0 saturated heterocycles. The second-order valence-electron chi connectivity index (χ2n) is 4.41. The summed E-state index contributed by atoms with van der Waals surface area (Å²) in [5, 5.41) is 0.368. The van der Waals surface area contributed by atoms with Crippen LogP contribution in [0, 0.1) is 5.82 Å². The average Bonchev–Trinajstić information content (AvgIpc) is 2.40. The molecule has 3 nitrogen and oxygen atoms in total. The van der Waals surface area contributed by atoms with E-state index in [-0.39, 0.29) is 12.2 Å². The summed E-state index contributed by atoms with van der Waals surface area (Å²) >= 11 is 9.39. The maximum atomic E-state index is 13.8. The van der Waals surface area contributed by atoms with Gasteiger partial charge in [0.05, 0.1) is 10.2 Å². The second-order valence-corrected chi connectivity index (χ2v) is 5.61. The molecule has 0 unspecified atom stereocenters. The monoisotopic (exact) mass is 357 g/mol. The molecule has 0 radical (unpaired) electrons. The first-order chi connectivity index (χ1) is 9.52. The molecule has 0 fully saturated rings. The number of hydrogen-bond donors (Lipinski definition) is 1. The zero-order chi connectivity index (χ0) is 14.7. The first-order valence-corrected chi connectivity index (χ1v) is 7.43. The van der Waals surface area contributed by atoms with Crippen LogP contribution in [0.4, 0.5) is 10.2 Å². The Labute approximate surface area is 130 Å². The Hall–Kier alpha value is -1.20. The highest BCUT2D eigenvalue weighted by Crippen LogP contribution is 2.25. The first kappa shape index (κ1) is 15.2. The maximum absolute atomic E-state index is 13.8. The number of rotatable bonds is 4. The number of anilines is 1. The molecule has 1 heterocycles. The highest BCUT2D eigenvalue weighted by molar-refractivity contribution is 9.10. The second kappa shape index (κ2) is 6.50. The number of benzene rings is 1. The fraction of sp³-hybridized carbons (Fsp3) is 0.286. The standard InChI is InChI=1S/C14H14BrClFN3/c1-2-4-11-13(15)14(18)20-12(19-11)7-8-9(16)5-3-6-10(8)17/h3,5-6H,2,4,7H2,1H3,(H2,18,19,20). The van der Waals surface area contributed by atoms with E-state index in [1.807, 2.05) is 0 Å². The molecule has 1 aromatic carbocycles. The van der Waals surface area contributed by atoms with E-state index < -0.39 is 0 Å². The van der Waals surface area contributed by atoms with Gasteiger partial charge in [-0.15, -0.1) is 0 Å². The van der Waals surface area contributed by atoms with Gasteiger partial charge in [0, 0.05) is 17.0 Å². The van der Waals surface area contributed by atoms with Crippen LogP contribution < -0.4 is 5.73 Å². The number of nitrogen functional groups attached to an aromatic ring is 1. The summed E-state index contributed by atoms with van der Waals surface area (Å²) in [4.78, 5) is 8.62. The quantitative estimate of drug-likeness (QED) is 0.893. The Bertz CT molecular complexity index is 614. The fourth-order valence-electron chi connectivity index (χ4n) is 1.91. The first-order valence-electron chi connectivity index (χ1n) is 6.26. The Morgan fingerprint density at radius 1 is 1.35 bits per heavy atom. The van der Waals surface area contributed by atoms with Crippen molar-refractivity contribution in [3.05, 3.63) is 50.6 Å². The van der Waals surface area contributed by atoms with E-state index >= 15 is 0 Å². The molecule has 2 rings (SSSR count). The van der Waals surface area contributed by atoms with Crippen LogP contribution in [0.15, 0.2) is 22.7 Å². The van der Waals surface area contributed by atoms with Crippen LogP contribution in [0.3, 0.4) is 0 Å². The lowest BCUT2D eigenvalue weighted by molar-refractivity contribution is 0.612. The summed E-state index contributed by atoms with van der Waals surface area (Å²) in [6.45, 7) is 2.05. The van der Waals surface area contributed by atoms with Crippen molar-refractivity contribution in [3.63, 3.8) is 0 Å². The highest BCUT2D eigenvalue weighted by atomic mass is 79.9. The molecule has 0 aliphatic rings. The molecule has 1 aromatic heterocycles. The number of nitrogens with two attached hydrogens (primary N) is 1. The summed E-state index contributed by atoms with van der Waals surface area (Å²) in [5.41, 5.74) is 7.08. The average molecular weight is 359 g/mol. The van der Waals surface area contributed by atoms with Crippen LogP contribution in [0.1, 0.15) is 30.4 Å². The van der Waals surface area contributed by atoms with Crippen molar-refractivity contribution in [2.75, 3.05) is 5.73 Å². The number of hydrogen-bond acceptors (Lipinski definition) is 3. The van der Waals surface area contributed by atoms with Gasteiger partial charge in [-0.3, -0.25) is 0 Å². The maximum Gasteiger partial charge on any atom is 0.141 e. The van der Waals surface area contributed by atoms with Gasteiger partial charge in [0.25, 0.3) is 0 Å². The summed E-state index contributed by atoms with van der Waals surface area (Å²) in [5.74, 6) is 0.478. The lowest BCUT2D eigenvalue weighted by Crippen LogP contribution is -2.07. The van der Waals surface area contributed by atoms with Crippen LogP contribution in [0.5, 0.6) is 0 Å². The lowest BCUT2D eigenvalue weighted by atomic mass is 10.1. The van der Waals surface area contributed by atoms with E-state index in [0.717, 1.165) is 18.5 Å². The lowest BCUT2D eigenvalue weighted by Gasteiger charge is -2.09. The van der Waals surface area contributed by atoms with Crippen molar-refractivity contribution >= 4 is 33.3 Å². The minimum Gasteiger partial charge on any atom is -0.383 e. The predicted molar refractivity (Wildman–Crippen MR) is 82.4 cm³/mol. The van der Waals surface area contributed by atoms with Crippen LogP contribution in [-0.2, 0) is 12.8 Å². The van der Waals surface area contributed by atoms with Gasteiger partial charge in [-0.1, -0.05) is 31.0 Å². The molecule has 6 heteroatoms. The molecule has 0 amide bonds. The van der Waals surface area contributed by atoms with Crippen molar-refractivity contribution in [2.45, 2.75) is 26.2 Å². The molecule has 0 saturated carbocycles. The molecule has 0 aliphatic heterocycles. The largest absolute Gasteiger partial charge is 0.383 e. The normalized spacial score (nSPS) is 10.8. The summed E-state index contributed by atoms with van der Waals surface area (Å²) in [6.07, 6.45) is 1.94. The van der Waals surface area contributed by atoms with E-state index in [4.69, 9.17) is 17.3 Å². The molecule has 106 valence electrons. The Balaban J connectivity index is 2.39. The third-order valence-corrected chi connectivity index (χ3v) is 4.09. The molecule has 2 aromatic rings. The van der Waals surface area contributed by atoms with Crippen molar-refractivity contribution in [1.29, 1.82) is 0 Å². The van der Waals surface area contributed by atoms with Gasteiger partial charge < -0.3 is 5.73 Å². The number of aromatic nitrogens is 2. The van der Waals surface area contributed by atoms with Gasteiger partial charge in [-0.2, -0.15) is 0 Å². The van der Waals surface area contributed by atoms with Crippen LogP contribution in [0.2, 0.25) is 5.02 Å². The number of halogens is 3. The molecule has 20 heavy (non-hydrogen) atoms. The van der Waals surface area contributed by atoms with Gasteiger partial charge >= 0.3 is 0 Å². The SMILES string of the molecule is CCCc1nc(Cc2c(F)cccc2Cl)nc(N)c1Br. The van der Waals surface area contributed by atoms with Gasteiger partial charge in [0.15, 0.2) is 0 Å². The third-order valence-electron chi connectivity index (χ3n) is 2.88. The fourth-order valence-corrected chi connectivity index (χ4v) is 2.51. The molecular weight excluding hydrogens is 345 g/mol. The van der Waals surface area contributed by atoms with E-state index in [2.05, 4.69) is 32.8 Å². The zero-order valence-corrected chi connectivity index (χ0v) is 13.3. The number of nitrogens with zero attached hydrogens (tertiary/aromatic N) is 2. The zero-order valence-electron chi connectivity index (χ0n) is 11.0.